The lowest BCUT2D eigenvalue weighted by atomic mass is 9.79. The molecule has 50 heavy (non-hydrogen) atoms. The number of rotatable bonds is 20. The molecular weight excluding hydrogens is 647 g/mol. The third kappa shape index (κ3) is 12.9. The predicted octanol–water partition coefficient (Wildman–Crippen LogP) is 8.28. The van der Waals surface area contributed by atoms with Crippen molar-refractivity contribution < 1.29 is 32.9 Å². The maximum absolute atomic E-state index is 13.2. The van der Waals surface area contributed by atoms with E-state index in [1.807, 2.05) is 34.6 Å². The van der Waals surface area contributed by atoms with Gasteiger partial charge < -0.3 is 42.8 Å². The van der Waals surface area contributed by atoms with E-state index in [2.05, 4.69) is 15.4 Å². The fourth-order valence-electron chi connectivity index (χ4n) is 6.41. The first kappa shape index (κ1) is 42.5. The molecule has 1 aromatic carbocycles. The highest BCUT2D eigenvalue weighted by molar-refractivity contribution is 5.77. The van der Waals surface area contributed by atoms with Gasteiger partial charge in [-0.3, -0.25) is 4.79 Å². The number of halogens is 3. The Kier molecular flexibility index (Phi) is 17.7. The second-order valence-corrected chi connectivity index (χ2v) is 13.3. The van der Waals surface area contributed by atoms with Gasteiger partial charge in [-0.15, -0.1) is 13.2 Å². The molecule has 0 amide bonds. The second-order valence-electron chi connectivity index (χ2n) is 13.3. The summed E-state index contributed by atoms with van der Waals surface area (Å²) < 4.78 is 43.8. The van der Waals surface area contributed by atoms with Crippen LogP contribution in [0, 0.1) is 11.8 Å². The first-order valence-electron chi connectivity index (χ1n) is 18.6. The summed E-state index contributed by atoms with van der Waals surface area (Å²) in [5, 5.41) is 27.7. The van der Waals surface area contributed by atoms with Gasteiger partial charge in [0.2, 0.25) is 0 Å². The summed E-state index contributed by atoms with van der Waals surface area (Å²) >= 11 is 0. The molecule has 2 fully saturated rings. The summed E-state index contributed by atoms with van der Waals surface area (Å²) in [4.78, 5) is 11.8. The van der Waals surface area contributed by atoms with E-state index >= 15 is 0 Å². The van der Waals surface area contributed by atoms with Crippen LogP contribution < -0.4 is 32.6 Å². The van der Waals surface area contributed by atoms with Gasteiger partial charge in [0.15, 0.2) is 0 Å². The molecule has 0 spiro atoms. The minimum atomic E-state index is -4.91. The van der Waals surface area contributed by atoms with Crippen molar-refractivity contribution in [2.45, 2.75) is 143 Å². The number of hydrogen-bond acceptors (Lipinski definition) is 8. The van der Waals surface area contributed by atoms with Gasteiger partial charge in [0, 0.05) is 35.5 Å². The minimum absolute atomic E-state index is 0.115. The number of benzene rings is 1. The first-order valence-corrected chi connectivity index (χ1v) is 18.6. The van der Waals surface area contributed by atoms with Crippen molar-refractivity contribution in [1.82, 2.24) is 10.6 Å². The summed E-state index contributed by atoms with van der Waals surface area (Å²) in [5.41, 5.74) is 23.7. The molecule has 2 aliphatic carbocycles. The third-order valence-electron chi connectivity index (χ3n) is 9.70. The summed E-state index contributed by atoms with van der Waals surface area (Å²) in [6, 6.07) is 2.17. The van der Waals surface area contributed by atoms with Crippen LogP contribution in [-0.4, -0.2) is 35.1 Å². The Morgan fingerprint density at radius 1 is 1.00 bits per heavy atom. The lowest BCUT2D eigenvalue weighted by Crippen LogP contribution is -2.36. The van der Waals surface area contributed by atoms with Gasteiger partial charge in [0.25, 0.3) is 0 Å². The van der Waals surface area contributed by atoms with Gasteiger partial charge in [-0.25, -0.2) is 0 Å². The largest absolute Gasteiger partial charge is 0.573 e. The molecule has 2 aliphatic rings. The number of hydrogen-bond donors (Lipinski definition) is 7. The van der Waals surface area contributed by atoms with Crippen LogP contribution in [0.3, 0.4) is 0 Å². The molecule has 0 saturated heterocycles. The number of aliphatic carboxylic acids is 1. The fourth-order valence-corrected chi connectivity index (χ4v) is 6.41. The smallest absolute Gasteiger partial charge is 0.507 e. The fraction of sp³-hybridized carbons (Fsp3) is 0.658. The number of allylic oxidation sites excluding steroid dienone is 1. The Bertz CT molecular complexity index is 1330. The van der Waals surface area contributed by atoms with Crippen LogP contribution >= 0.6 is 0 Å². The van der Waals surface area contributed by atoms with E-state index in [1.165, 1.54) is 6.07 Å². The topological polar surface area (TPSA) is 169 Å². The monoisotopic (exact) mass is 709 g/mol. The molecule has 0 aliphatic heterocycles. The number of carboxylic acid groups (broad SMARTS) is 1. The molecule has 0 radical (unpaired) electrons. The van der Waals surface area contributed by atoms with E-state index in [0.29, 0.717) is 66.9 Å². The number of phenolic OH excluding ortho intramolecular Hbond substituents is 1. The van der Waals surface area contributed by atoms with Crippen LogP contribution in [0.4, 0.5) is 13.2 Å². The highest BCUT2D eigenvalue weighted by atomic mass is 19.4. The summed E-state index contributed by atoms with van der Waals surface area (Å²) in [6.45, 7) is 10.2. The Morgan fingerprint density at radius 2 is 1.68 bits per heavy atom. The highest BCUT2D eigenvalue weighted by Gasteiger charge is 2.33. The van der Waals surface area contributed by atoms with Crippen molar-refractivity contribution in [3.05, 3.63) is 51.6 Å². The number of carboxylic acids is 1. The summed E-state index contributed by atoms with van der Waals surface area (Å²) in [6.07, 6.45) is 6.60. The molecule has 9 nitrogen and oxygen atoms in total. The molecule has 1 aromatic rings. The highest BCUT2D eigenvalue weighted by Crippen LogP contribution is 2.40. The van der Waals surface area contributed by atoms with Crippen LogP contribution in [0.5, 0.6) is 11.5 Å². The van der Waals surface area contributed by atoms with Gasteiger partial charge in [-0.2, -0.15) is 0 Å². The number of carbonyl (C=O) groups is 1. The molecule has 0 aromatic heterocycles. The maximum atomic E-state index is 13.2. The number of alkyl halides is 3. The first-order chi connectivity index (χ1) is 23.8. The normalized spacial score (nSPS) is 16.8. The molecule has 3 rings (SSSR count). The molecule has 2 atom stereocenters. The van der Waals surface area contributed by atoms with Crippen molar-refractivity contribution in [1.29, 1.82) is 0 Å². The van der Waals surface area contributed by atoms with E-state index in [0.717, 1.165) is 69.4 Å². The number of nitrogens with two attached hydrogens (primary N) is 3. The van der Waals surface area contributed by atoms with Gasteiger partial charge in [-0.05, 0) is 92.9 Å². The lowest BCUT2D eigenvalue weighted by molar-refractivity contribution is -0.274. The number of unbranched alkanes of at least 4 members (excludes halogenated alkanes) is 1. The average molecular weight is 710 g/mol. The molecule has 2 saturated carbocycles. The Labute approximate surface area is 297 Å². The lowest BCUT2D eigenvalue weighted by Gasteiger charge is -2.28. The van der Waals surface area contributed by atoms with E-state index in [4.69, 9.17) is 17.2 Å². The van der Waals surface area contributed by atoms with Crippen molar-refractivity contribution in [3.8, 4) is 11.5 Å². The van der Waals surface area contributed by atoms with E-state index in [9.17, 15) is 28.2 Å². The third-order valence-corrected chi connectivity index (χ3v) is 9.70. The molecule has 0 heterocycles. The molecule has 10 N–H and O–H groups in total. The molecule has 0 bridgehead atoms. The van der Waals surface area contributed by atoms with Crippen LogP contribution in [0.2, 0.25) is 0 Å². The predicted molar refractivity (Wildman–Crippen MR) is 195 cm³/mol. The number of ether oxygens (including phenoxy) is 1. The Balaban J connectivity index is 0.00000425. The standard InChI is InChI=1S/C36H56F3N5O4.C2H6/c1-4-7-15-28(32(40)31-25(18-22-11-8-12-22)19-27(20-30(31)45)48-36(37,38)39)29(21-43-33(41)23-13-9-14-23)34(42)44-26(6-3)17-16-24(10-5-2)35(46)47;1-2/h19-20,22,24,26,43-45H,4-18,21,40-42H2,1-3H3,(H,46,47);1-2H3/b32-28-,34-29+;/t24?,26-;/m0./s1. The zero-order valence-electron chi connectivity index (χ0n) is 30.8. The average Bonchev–Trinajstić information content (AvgIpc) is 3.00. The number of phenols is 1. The van der Waals surface area contributed by atoms with Gasteiger partial charge in [0.05, 0.1) is 11.7 Å². The number of aromatic hydroxyl groups is 1. The van der Waals surface area contributed by atoms with Gasteiger partial charge >= 0.3 is 12.3 Å². The Morgan fingerprint density at radius 3 is 2.18 bits per heavy atom. The van der Waals surface area contributed by atoms with Crippen LogP contribution in [-0.2, 0) is 11.2 Å². The molecule has 1 unspecified atom stereocenters. The van der Waals surface area contributed by atoms with Crippen molar-refractivity contribution in [2.75, 3.05) is 6.54 Å². The number of nitrogens with one attached hydrogen (secondary N) is 2. The molecular formula is C38H62F3N5O4. The quantitative estimate of drug-likeness (QED) is 0.0659. The zero-order valence-corrected chi connectivity index (χ0v) is 30.8. The molecule has 12 heteroatoms. The van der Waals surface area contributed by atoms with E-state index in [-0.39, 0.29) is 29.8 Å². The molecule has 284 valence electrons. The van der Waals surface area contributed by atoms with E-state index in [1.54, 1.807) is 0 Å². The van der Waals surface area contributed by atoms with Crippen LogP contribution in [0.1, 0.15) is 136 Å². The minimum Gasteiger partial charge on any atom is -0.507 e. The van der Waals surface area contributed by atoms with Crippen molar-refractivity contribution in [2.24, 2.45) is 29.0 Å². The summed E-state index contributed by atoms with van der Waals surface area (Å²) in [5.74, 6) is -0.930. The van der Waals surface area contributed by atoms with Crippen molar-refractivity contribution in [3.63, 3.8) is 0 Å². The zero-order chi connectivity index (χ0) is 37.4. The SMILES string of the molecule is CC.CCCCC(/C(CNC(N)=C1CCC1)=C(\N)N[C@@H](CC)CCC(CCC)C(=O)O)=C(/N)c1c(O)cc(OC(F)(F)F)cc1CC1CCC1. The van der Waals surface area contributed by atoms with Gasteiger partial charge in [-0.1, -0.05) is 66.7 Å². The maximum Gasteiger partial charge on any atom is 0.573 e. The van der Waals surface area contributed by atoms with E-state index < -0.39 is 29.7 Å². The van der Waals surface area contributed by atoms with Gasteiger partial charge in [0.1, 0.15) is 17.3 Å². The van der Waals surface area contributed by atoms with Crippen LogP contribution in [0.15, 0.2) is 40.5 Å². The summed E-state index contributed by atoms with van der Waals surface area (Å²) in [7, 11) is 0. The van der Waals surface area contributed by atoms with Crippen LogP contribution in [0.25, 0.3) is 5.70 Å². The second kappa shape index (κ2) is 20.8. The van der Waals surface area contributed by atoms with Crippen molar-refractivity contribution >= 4 is 11.7 Å². The Hall–Kier alpha value is -3.70.